The molecular weight excluding hydrogens is 456 g/mol. The van der Waals surface area contributed by atoms with Crippen LogP contribution < -0.4 is 5.32 Å². The predicted octanol–water partition coefficient (Wildman–Crippen LogP) is 3.10. The van der Waals surface area contributed by atoms with Crippen molar-refractivity contribution < 1.29 is 32.3 Å². The molecule has 2 aromatic rings. The van der Waals surface area contributed by atoms with Crippen LogP contribution >= 0.6 is 11.3 Å². The number of fused-ring (bicyclic) bond motifs is 1. The molecule has 172 valence electrons. The largest absolute Gasteiger partial charge is 0.462 e. The molecule has 0 fully saturated rings. The standard InChI is InChI=1S/C21H24N2O7S2/c1-4-29-20(25)17-15-9-10-23(21(26)30-5-2)12-16(15)31-19(17)22-18(24)13-7-6-8-14(11-13)32(3,27)28/h6-8,11H,4-5,9-10,12H2,1-3H3,(H,22,24). The minimum atomic E-state index is -3.48. The van der Waals surface area contributed by atoms with E-state index in [9.17, 15) is 22.8 Å². The zero-order valence-corrected chi connectivity index (χ0v) is 19.6. The Balaban J connectivity index is 1.93. The zero-order valence-electron chi connectivity index (χ0n) is 18.0. The van der Waals surface area contributed by atoms with E-state index in [1.54, 1.807) is 18.7 Å². The third-order valence-electron chi connectivity index (χ3n) is 4.81. The summed E-state index contributed by atoms with van der Waals surface area (Å²) in [5.74, 6) is -1.11. The Morgan fingerprint density at radius 3 is 2.53 bits per heavy atom. The van der Waals surface area contributed by atoms with E-state index in [4.69, 9.17) is 9.47 Å². The topological polar surface area (TPSA) is 119 Å². The van der Waals surface area contributed by atoms with E-state index in [-0.39, 0.29) is 35.8 Å². The average molecular weight is 481 g/mol. The molecule has 1 aromatic carbocycles. The minimum absolute atomic E-state index is 0.0197. The Morgan fingerprint density at radius 2 is 1.88 bits per heavy atom. The second-order valence-electron chi connectivity index (χ2n) is 7.05. The van der Waals surface area contributed by atoms with Gasteiger partial charge in [-0.25, -0.2) is 18.0 Å². The van der Waals surface area contributed by atoms with Crippen molar-refractivity contribution >= 4 is 44.1 Å². The van der Waals surface area contributed by atoms with Gasteiger partial charge >= 0.3 is 12.1 Å². The summed E-state index contributed by atoms with van der Waals surface area (Å²) >= 11 is 1.19. The molecule has 0 bridgehead atoms. The Kier molecular flexibility index (Phi) is 7.19. The van der Waals surface area contributed by atoms with Crippen LogP contribution in [0.5, 0.6) is 0 Å². The van der Waals surface area contributed by atoms with E-state index in [1.165, 1.54) is 35.6 Å². The Hall–Kier alpha value is -2.92. The van der Waals surface area contributed by atoms with Crippen LogP contribution in [0.4, 0.5) is 9.80 Å². The molecular formula is C21H24N2O7S2. The molecule has 11 heteroatoms. The summed E-state index contributed by atoms with van der Waals surface area (Å²) in [4.78, 5) is 40.0. The first-order valence-corrected chi connectivity index (χ1v) is 12.7. The lowest BCUT2D eigenvalue weighted by atomic mass is 10.0. The number of benzene rings is 1. The highest BCUT2D eigenvalue weighted by Gasteiger charge is 2.31. The number of nitrogens with zero attached hydrogens (tertiary/aromatic N) is 1. The third-order valence-corrected chi connectivity index (χ3v) is 7.06. The first-order chi connectivity index (χ1) is 15.2. The van der Waals surface area contributed by atoms with Crippen LogP contribution in [0, 0.1) is 0 Å². The van der Waals surface area contributed by atoms with Gasteiger partial charge in [-0.1, -0.05) is 6.07 Å². The molecule has 32 heavy (non-hydrogen) atoms. The fraction of sp³-hybridized carbons (Fsp3) is 0.381. The van der Waals surface area contributed by atoms with Gasteiger partial charge in [-0.3, -0.25) is 4.79 Å². The maximum absolute atomic E-state index is 12.9. The molecule has 0 atom stereocenters. The van der Waals surface area contributed by atoms with Gasteiger partial charge in [0, 0.05) is 23.2 Å². The van der Waals surface area contributed by atoms with E-state index in [2.05, 4.69) is 5.32 Å². The number of rotatable bonds is 6. The van der Waals surface area contributed by atoms with Crippen LogP contribution in [-0.2, 0) is 32.3 Å². The molecule has 0 saturated heterocycles. The molecule has 2 heterocycles. The van der Waals surface area contributed by atoms with Gasteiger partial charge in [0.25, 0.3) is 5.91 Å². The Morgan fingerprint density at radius 1 is 1.16 bits per heavy atom. The van der Waals surface area contributed by atoms with Crippen LogP contribution in [0.15, 0.2) is 29.2 Å². The third kappa shape index (κ3) is 5.10. The predicted molar refractivity (Wildman–Crippen MR) is 119 cm³/mol. The van der Waals surface area contributed by atoms with Crippen molar-refractivity contribution in [1.82, 2.24) is 4.90 Å². The summed E-state index contributed by atoms with van der Waals surface area (Å²) in [7, 11) is -3.48. The number of amides is 2. The highest BCUT2D eigenvalue weighted by atomic mass is 32.2. The summed E-state index contributed by atoms with van der Waals surface area (Å²) in [6.45, 7) is 4.47. The van der Waals surface area contributed by atoms with Gasteiger partial charge < -0.3 is 19.7 Å². The van der Waals surface area contributed by atoms with E-state index < -0.39 is 27.8 Å². The number of hydrogen-bond acceptors (Lipinski definition) is 8. The van der Waals surface area contributed by atoms with Crippen molar-refractivity contribution in [3.05, 3.63) is 45.8 Å². The van der Waals surface area contributed by atoms with Crippen LogP contribution in [0.2, 0.25) is 0 Å². The van der Waals surface area contributed by atoms with Crippen molar-refractivity contribution in [2.45, 2.75) is 31.7 Å². The average Bonchev–Trinajstić information content (AvgIpc) is 3.10. The molecule has 1 aliphatic heterocycles. The molecule has 0 spiro atoms. The summed E-state index contributed by atoms with van der Waals surface area (Å²) in [6, 6.07) is 5.66. The molecule has 2 amide bonds. The van der Waals surface area contributed by atoms with E-state index in [1.807, 2.05) is 0 Å². The van der Waals surface area contributed by atoms with E-state index in [0.29, 0.717) is 18.0 Å². The number of sulfone groups is 1. The SMILES string of the molecule is CCOC(=O)c1c(NC(=O)c2cccc(S(C)(=O)=O)c2)sc2c1CCN(C(=O)OCC)C2. The first-order valence-electron chi connectivity index (χ1n) is 10.0. The number of carbonyl (C=O) groups is 3. The fourth-order valence-electron chi connectivity index (χ4n) is 3.32. The molecule has 1 aromatic heterocycles. The fourth-order valence-corrected chi connectivity index (χ4v) is 5.24. The van der Waals surface area contributed by atoms with Gasteiger partial charge in [0.2, 0.25) is 0 Å². The number of esters is 1. The number of carbonyl (C=O) groups excluding carboxylic acids is 3. The quantitative estimate of drug-likeness (QED) is 0.631. The number of anilines is 1. The highest BCUT2D eigenvalue weighted by Crippen LogP contribution is 2.38. The molecule has 9 nitrogen and oxygen atoms in total. The zero-order chi connectivity index (χ0) is 23.5. The van der Waals surface area contributed by atoms with Crippen LogP contribution in [-0.4, -0.2) is 57.3 Å². The molecule has 0 aliphatic carbocycles. The Bertz CT molecular complexity index is 1150. The lowest BCUT2D eigenvalue weighted by Gasteiger charge is -2.26. The minimum Gasteiger partial charge on any atom is -0.462 e. The molecule has 0 unspecified atom stereocenters. The van der Waals surface area contributed by atoms with Crippen molar-refractivity contribution in [2.24, 2.45) is 0 Å². The summed E-state index contributed by atoms with van der Waals surface area (Å²) in [5.41, 5.74) is 1.14. The summed E-state index contributed by atoms with van der Waals surface area (Å²) < 4.78 is 33.9. The molecule has 1 aliphatic rings. The van der Waals surface area contributed by atoms with E-state index >= 15 is 0 Å². The number of ether oxygens (including phenoxy) is 2. The molecule has 3 rings (SSSR count). The molecule has 0 radical (unpaired) electrons. The lowest BCUT2D eigenvalue weighted by molar-refractivity contribution is 0.0526. The Labute approximate surface area is 190 Å². The highest BCUT2D eigenvalue weighted by molar-refractivity contribution is 7.90. The molecule has 0 saturated carbocycles. The van der Waals surface area contributed by atoms with Gasteiger partial charge in [-0.2, -0.15) is 0 Å². The van der Waals surface area contributed by atoms with Crippen LogP contribution in [0.1, 0.15) is 45.0 Å². The van der Waals surface area contributed by atoms with Gasteiger partial charge in [-0.05, 0) is 44.0 Å². The monoisotopic (exact) mass is 480 g/mol. The van der Waals surface area contributed by atoms with Gasteiger partial charge in [-0.15, -0.1) is 11.3 Å². The number of thiophene rings is 1. The first kappa shape index (κ1) is 23.7. The van der Waals surface area contributed by atoms with Crippen molar-refractivity contribution in [3.8, 4) is 0 Å². The second-order valence-corrected chi connectivity index (χ2v) is 10.2. The van der Waals surface area contributed by atoms with Crippen LogP contribution in [0.25, 0.3) is 0 Å². The summed E-state index contributed by atoms with van der Waals surface area (Å²) in [6.07, 6.45) is 1.04. The van der Waals surface area contributed by atoms with Gasteiger partial charge in [0.1, 0.15) is 5.00 Å². The normalized spacial score (nSPS) is 13.3. The smallest absolute Gasteiger partial charge is 0.410 e. The van der Waals surface area contributed by atoms with Crippen molar-refractivity contribution in [3.63, 3.8) is 0 Å². The molecule has 1 N–H and O–H groups in total. The maximum Gasteiger partial charge on any atom is 0.410 e. The number of hydrogen-bond donors (Lipinski definition) is 1. The van der Waals surface area contributed by atoms with E-state index in [0.717, 1.165) is 16.7 Å². The lowest BCUT2D eigenvalue weighted by Crippen LogP contribution is -2.36. The second kappa shape index (κ2) is 9.70. The summed E-state index contributed by atoms with van der Waals surface area (Å²) in [5, 5.41) is 3.02. The maximum atomic E-state index is 12.9. The number of nitrogens with one attached hydrogen (secondary N) is 1. The van der Waals surface area contributed by atoms with Crippen molar-refractivity contribution in [1.29, 1.82) is 0 Å². The van der Waals surface area contributed by atoms with Crippen molar-refractivity contribution in [2.75, 3.05) is 31.3 Å². The van der Waals surface area contributed by atoms with Crippen LogP contribution in [0.3, 0.4) is 0 Å². The van der Waals surface area contributed by atoms with Gasteiger partial charge in [0.05, 0.1) is 30.2 Å². The van der Waals surface area contributed by atoms with Gasteiger partial charge in [0.15, 0.2) is 9.84 Å².